The van der Waals surface area contributed by atoms with Gasteiger partial charge < -0.3 is 20.0 Å². The second kappa shape index (κ2) is 7.33. The lowest BCUT2D eigenvalue weighted by Crippen LogP contribution is -2.63. The van der Waals surface area contributed by atoms with E-state index in [-0.39, 0.29) is 5.41 Å². The molecule has 2 aliphatic rings. The van der Waals surface area contributed by atoms with Crippen molar-refractivity contribution in [2.75, 3.05) is 38.1 Å². The Bertz CT molecular complexity index is 903. The van der Waals surface area contributed by atoms with Gasteiger partial charge in [0.05, 0.1) is 17.5 Å². The molecule has 1 aromatic carbocycles. The first-order valence-electron chi connectivity index (χ1n) is 11.0. The number of aliphatic hydroxyl groups is 2. The van der Waals surface area contributed by atoms with Crippen LogP contribution in [0.5, 0.6) is 0 Å². The van der Waals surface area contributed by atoms with Crippen molar-refractivity contribution in [3.8, 4) is 0 Å². The van der Waals surface area contributed by atoms with Crippen molar-refractivity contribution >= 4 is 5.69 Å². The molecule has 2 fully saturated rings. The number of hydrogen-bond acceptors (Lipinski definition) is 5. The van der Waals surface area contributed by atoms with Crippen molar-refractivity contribution in [1.29, 1.82) is 0 Å². The zero-order valence-electron chi connectivity index (χ0n) is 18.9. The molecule has 30 heavy (non-hydrogen) atoms. The average Bonchev–Trinajstić information content (AvgIpc) is 3.06. The van der Waals surface area contributed by atoms with Crippen molar-refractivity contribution < 1.29 is 10.2 Å². The number of anilines is 1. The number of benzene rings is 1. The first-order valence-corrected chi connectivity index (χ1v) is 11.0. The molecule has 0 spiro atoms. The lowest BCUT2D eigenvalue weighted by atomic mass is 9.62. The Morgan fingerprint density at radius 1 is 1.03 bits per heavy atom. The maximum atomic E-state index is 12.3. The summed E-state index contributed by atoms with van der Waals surface area (Å²) in [6.07, 6.45) is 4.38. The Kier molecular flexibility index (Phi) is 5.20. The molecular weight excluding hydrogens is 374 g/mol. The fraction of sp³-hybridized carbons (Fsp3) is 0.560. The number of nitrogens with zero attached hydrogens (tertiary/aromatic N) is 3. The highest BCUT2D eigenvalue weighted by Gasteiger charge is 2.55. The summed E-state index contributed by atoms with van der Waals surface area (Å²) in [6.45, 7) is 11.4. The summed E-state index contributed by atoms with van der Waals surface area (Å²) < 4.78 is 0. The van der Waals surface area contributed by atoms with Gasteiger partial charge in [-0.3, -0.25) is 4.98 Å². The minimum absolute atomic E-state index is 0.308. The lowest BCUT2D eigenvalue weighted by molar-refractivity contribution is -0.127. The molecule has 2 atom stereocenters. The Labute approximate surface area is 180 Å². The Balaban J connectivity index is 1.77. The zero-order valence-corrected chi connectivity index (χ0v) is 18.9. The van der Waals surface area contributed by atoms with Crippen LogP contribution in [0.4, 0.5) is 5.69 Å². The van der Waals surface area contributed by atoms with Crippen LogP contribution in [0.15, 0.2) is 42.7 Å². The third-order valence-corrected chi connectivity index (χ3v) is 7.06. The zero-order chi connectivity index (χ0) is 21.7. The second-order valence-electron chi connectivity index (χ2n) is 10.3. The van der Waals surface area contributed by atoms with Crippen LogP contribution >= 0.6 is 0 Å². The van der Waals surface area contributed by atoms with Gasteiger partial charge in [-0.15, -0.1) is 0 Å². The van der Waals surface area contributed by atoms with Gasteiger partial charge in [0.1, 0.15) is 5.60 Å². The molecule has 5 heteroatoms. The summed E-state index contributed by atoms with van der Waals surface area (Å²) >= 11 is 0. The number of hydrogen-bond donors (Lipinski definition) is 2. The van der Waals surface area contributed by atoms with E-state index in [2.05, 4.69) is 72.9 Å². The van der Waals surface area contributed by atoms with E-state index in [0.29, 0.717) is 12.5 Å². The Hall–Kier alpha value is -1.95. The molecule has 0 saturated carbocycles. The molecule has 0 radical (unpaired) electrons. The van der Waals surface area contributed by atoms with Crippen LogP contribution in [0.2, 0.25) is 0 Å². The van der Waals surface area contributed by atoms with Crippen LogP contribution in [0.3, 0.4) is 0 Å². The van der Waals surface area contributed by atoms with Crippen LogP contribution < -0.4 is 4.90 Å². The van der Waals surface area contributed by atoms with E-state index in [9.17, 15) is 10.2 Å². The molecule has 162 valence electrons. The molecule has 2 N–H and O–H groups in total. The summed E-state index contributed by atoms with van der Waals surface area (Å²) in [5.41, 5.74) is 1.83. The fourth-order valence-corrected chi connectivity index (χ4v) is 5.31. The number of aromatic nitrogens is 1. The normalized spacial score (nSPS) is 25.9. The van der Waals surface area contributed by atoms with Crippen molar-refractivity contribution in [2.24, 2.45) is 5.41 Å². The largest absolute Gasteiger partial charge is 0.388 e. The monoisotopic (exact) mass is 409 g/mol. The number of likely N-dealkylation sites (tertiary alicyclic amines) is 1. The van der Waals surface area contributed by atoms with Crippen molar-refractivity contribution in [1.82, 2.24) is 9.88 Å². The van der Waals surface area contributed by atoms with Gasteiger partial charge in [-0.05, 0) is 43.5 Å². The SMILES string of the molecule is CC(C)c1ccc(C(O)(c2cncc(N3CCC(C)(O)C3)c2)C2(C)CN(C)C2)cc1. The van der Waals surface area contributed by atoms with E-state index in [1.807, 2.05) is 13.1 Å². The topological polar surface area (TPSA) is 59.8 Å². The maximum absolute atomic E-state index is 12.3. The van der Waals surface area contributed by atoms with Gasteiger partial charge in [-0.25, -0.2) is 0 Å². The molecule has 2 unspecified atom stereocenters. The van der Waals surface area contributed by atoms with Crippen molar-refractivity contribution in [2.45, 2.75) is 51.2 Å². The van der Waals surface area contributed by atoms with Gasteiger partial charge in [0, 0.05) is 43.4 Å². The van der Waals surface area contributed by atoms with Crippen molar-refractivity contribution in [3.05, 3.63) is 59.4 Å². The molecule has 3 heterocycles. The lowest BCUT2D eigenvalue weighted by Gasteiger charge is -2.56. The van der Waals surface area contributed by atoms with Crippen LogP contribution in [0, 0.1) is 5.41 Å². The third kappa shape index (κ3) is 3.53. The van der Waals surface area contributed by atoms with Crippen LogP contribution in [-0.2, 0) is 5.60 Å². The minimum atomic E-state index is -1.14. The first kappa shape index (κ1) is 21.3. The molecule has 0 bridgehead atoms. The quantitative estimate of drug-likeness (QED) is 0.793. The van der Waals surface area contributed by atoms with Gasteiger partial charge in [-0.2, -0.15) is 0 Å². The minimum Gasteiger partial charge on any atom is -0.388 e. The van der Waals surface area contributed by atoms with Gasteiger partial charge >= 0.3 is 0 Å². The fourth-order valence-electron chi connectivity index (χ4n) is 5.31. The Morgan fingerprint density at radius 3 is 2.23 bits per heavy atom. The van der Waals surface area contributed by atoms with Crippen molar-refractivity contribution in [3.63, 3.8) is 0 Å². The van der Waals surface area contributed by atoms with Gasteiger partial charge in [0.2, 0.25) is 0 Å². The predicted molar refractivity (Wildman–Crippen MR) is 121 cm³/mol. The van der Waals surface area contributed by atoms with E-state index in [1.165, 1.54) is 5.56 Å². The smallest absolute Gasteiger partial charge is 0.124 e. The van der Waals surface area contributed by atoms with E-state index in [0.717, 1.165) is 42.9 Å². The highest BCUT2D eigenvalue weighted by molar-refractivity contribution is 5.52. The second-order valence-corrected chi connectivity index (χ2v) is 10.3. The molecule has 0 amide bonds. The average molecular weight is 410 g/mol. The maximum Gasteiger partial charge on any atom is 0.124 e. The summed E-state index contributed by atoms with van der Waals surface area (Å²) in [5.74, 6) is 0.450. The van der Waals surface area contributed by atoms with E-state index >= 15 is 0 Å². The molecule has 4 rings (SSSR count). The first-order chi connectivity index (χ1) is 14.0. The highest BCUT2D eigenvalue weighted by atomic mass is 16.3. The van der Waals surface area contributed by atoms with Gasteiger partial charge in [0.25, 0.3) is 0 Å². The molecule has 5 nitrogen and oxygen atoms in total. The van der Waals surface area contributed by atoms with Crippen LogP contribution in [-0.4, -0.2) is 58.9 Å². The third-order valence-electron chi connectivity index (χ3n) is 7.06. The van der Waals surface area contributed by atoms with E-state index in [4.69, 9.17) is 0 Å². The molecule has 2 aromatic rings. The number of β-amino-alcohol motifs (C(OH)–C–C–N with tert-alkyl or cyclic N) is 1. The van der Waals surface area contributed by atoms with E-state index in [1.54, 1.807) is 6.20 Å². The van der Waals surface area contributed by atoms with Crippen LogP contribution in [0.1, 0.15) is 56.7 Å². The van der Waals surface area contributed by atoms with Crippen LogP contribution in [0.25, 0.3) is 0 Å². The summed E-state index contributed by atoms with van der Waals surface area (Å²) in [7, 11) is 2.09. The molecule has 2 aliphatic heterocycles. The van der Waals surface area contributed by atoms with Gasteiger partial charge in [-0.1, -0.05) is 45.0 Å². The summed E-state index contributed by atoms with van der Waals surface area (Å²) in [6, 6.07) is 10.5. The number of rotatable bonds is 5. The predicted octanol–water partition coefficient (Wildman–Crippen LogP) is 3.35. The molecule has 2 saturated heterocycles. The highest BCUT2D eigenvalue weighted by Crippen LogP contribution is 2.50. The standard InChI is InChI=1S/C25H35N3O2/c1-18(2)19-6-8-20(9-7-19)25(30,23(3)15-27(5)16-23)21-12-22(14-26-13-21)28-11-10-24(4,29)17-28/h6-9,12-14,18,29-30H,10-11,15-17H2,1-5H3. The van der Waals surface area contributed by atoms with E-state index < -0.39 is 11.2 Å². The molecule has 1 aromatic heterocycles. The molecular formula is C25H35N3O2. The number of pyridine rings is 1. The summed E-state index contributed by atoms with van der Waals surface area (Å²) in [4.78, 5) is 8.91. The Morgan fingerprint density at radius 2 is 1.70 bits per heavy atom. The van der Waals surface area contributed by atoms with Gasteiger partial charge in [0.15, 0.2) is 0 Å². The molecule has 0 aliphatic carbocycles. The summed E-state index contributed by atoms with van der Waals surface area (Å²) in [5, 5.41) is 22.7.